The molecule has 0 aromatic rings. The molecule has 1 rings (SSSR count). The summed E-state index contributed by atoms with van der Waals surface area (Å²) in [6.07, 6.45) is -0.379. The fourth-order valence-electron chi connectivity index (χ4n) is 1.66. The standard InChI is InChI=1S/C11H22N2O4S/c1-5-18(15,16)13-8-6-12(7-9-13)10(14)17-11(2,3)4/h5-9H2,1-4H3. The van der Waals surface area contributed by atoms with Crippen molar-refractivity contribution < 1.29 is 17.9 Å². The van der Waals surface area contributed by atoms with Crippen molar-refractivity contribution in [2.75, 3.05) is 31.9 Å². The summed E-state index contributed by atoms with van der Waals surface area (Å²) in [6.45, 7) is 8.50. The lowest BCUT2D eigenvalue weighted by Gasteiger charge is -2.34. The minimum atomic E-state index is -3.15. The molecule has 0 N–H and O–H groups in total. The summed E-state index contributed by atoms with van der Waals surface area (Å²) in [7, 11) is -3.15. The van der Waals surface area contributed by atoms with E-state index in [1.165, 1.54) is 4.31 Å². The lowest BCUT2D eigenvalue weighted by molar-refractivity contribution is 0.0192. The van der Waals surface area contributed by atoms with Gasteiger partial charge in [0.05, 0.1) is 5.75 Å². The first-order valence-corrected chi connectivity index (χ1v) is 7.72. The van der Waals surface area contributed by atoms with E-state index in [0.717, 1.165) is 0 Å². The predicted octanol–water partition coefficient (Wildman–Crippen LogP) is 0.889. The maximum atomic E-state index is 11.8. The first-order chi connectivity index (χ1) is 8.15. The predicted molar refractivity (Wildman–Crippen MR) is 68.8 cm³/mol. The SMILES string of the molecule is CCS(=O)(=O)N1CCN(C(=O)OC(C)(C)C)CC1. The first kappa shape index (κ1) is 15.2. The first-order valence-electron chi connectivity index (χ1n) is 6.11. The molecule has 18 heavy (non-hydrogen) atoms. The zero-order valence-corrected chi connectivity index (χ0v) is 12.3. The second kappa shape index (κ2) is 5.44. The number of sulfonamides is 1. The van der Waals surface area contributed by atoms with Gasteiger partial charge in [0.1, 0.15) is 5.60 Å². The summed E-state index contributed by atoms with van der Waals surface area (Å²) in [6, 6.07) is 0. The summed E-state index contributed by atoms with van der Waals surface area (Å²) in [5, 5.41) is 0. The monoisotopic (exact) mass is 278 g/mol. The van der Waals surface area contributed by atoms with Gasteiger partial charge in [-0.2, -0.15) is 4.31 Å². The Morgan fingerprint density at radius 1 is 1.17 bits per heavy atom. The molecule has 0 bridgehead atoms. The van der Waals surface area contributed by atoms with E-state index < -0.39 is 15.6 Å². The third-order valence-corrected chi connectivity index (χ3v) is 4.53. The average Bonchev–Trinajstić information content (AvgIpc) is 2.27. The van der Waals surface area contributed by atoms with E-state index in [1.54, 1.807) is 11.8 Å². The molecule has 6 nitrogen and oxygen atoms in total. The molecule has 0 saturated carbocycles. The zero-order chi connectivity index (χ0) is 14.0. The van der Waals surface area contributed by atoms with Crippen LogP contribution >= 0.6 is 0 Å². The van der Waals surface area contributed by atoms with Gasteiger partial charge < -0.3 is 9.64 Å². The fraction of sp³-hybridized carbons (Fsp3) is 0.909. The van der Waals surface area contributed by atoms with Crippen LogP contribution in [0.4, 0.5) is 4.79 Å². The van der Waals surface area contributed by atoms with E-state index >= 15 is 0 Å². The second-order valence-corrected chi connectivity index (χ2v) is 7.52. The smallest absolute Gasteiger partial charge is 0.410 e. The number of rotatable bonds is 2. The van der Waals surface area contributed by atoms with Crippen LogP contribution in [0.1, 0.15) is 27.7 Å². The number of hydrogen-bond acceptors (Lipinski definition) is 4. The Morgan fingerprint density at radius 3 is 2.06 bits per heavy atom. The number of hydrogen-bond donors (Lipinski definition) is 0. The Kier molecular flexibility index (Phi) is 4.61. The van der Waals surface area contributed by atoms with Crippen molar-refractivity contribution in [1.82, 2.24) is 9.21 Å². The van der Waals surface area contributed by atoms with Gasteiger partial charge in [-0.3, -0.25) is 0 Å². The van der Waals surface area contributed by atoms with Gasteiger partial charge in [-0.15, -0.1) is 0 Å². The van der Waals surface area contributed by atoms with Gasteiger partial charge in [0.2, 0.25) is 10.0 Å². The van der Waals surface area contributed by atoms with Crippen LogP contribution < -0.4 is 0 Å². The zero-order valence-electron chi connectivity index (χ0n) is 11.5. The Balaban J connectivity index is 2.52. The Bertz CT molecular complexity index is 392. The number of carbonyl (C=O) groups is 1. The van der Waals surface area contributed by atoms with Crippen LogP contribution in [0.5, 0.6) is 0 Å². The molecule has 1 saturated heterocycles. The van der Waals surface area contributed by atoms with E-state index in [0.29, 0.717) is 26.2 Å². The highest BCUT2D eigenvalue weighted by Crippen LogP contribution is 2.13. The summed E-state index contributed by atoms with van der Waals surface area (Å²) in [5.74, 6) is 0.0967. The molecule has 1 aliphatic heterocycles. The van der Waals surface area contributed by atoms with Crippen molar-refractivity contribution in [1.29, 1.82) is 0 Å². The highest BCUT2D eigenvalue weighted by Gasteiger charge is 2.29. The molecule has 0 atom stereocenters. The number of carbonyl (C=O) groups excluding carboxylic acids is 1. The van der Waals surface area contributed by atoms with Gasteiger partial charge in [-0.05, 0) is 27.7 Å². The van der Waals surface area contributed by atoms with E-state index in [-0.39, 0.29) is 11.8 Å². The molecule has 0 unspecified atom stereocenters. The van der Waals surface area contributed by atoms with Gasteiger partial charge in [0, 0.05) is 26.2 Å². The van der Waals surface area contributed by atoms with Gasteiger partial charge in [0.15, 0.2) is 0 Å². The molecular weight excluding hydrogens is 256 g/mol. The summed E-state index contributed by atoms with van der Waals surface area (Å²) >= 11 is 0. The molecule has 7 heteroatoms. The largest absolute Gasteiger partial charge is 0.444 e. The van der Waals surface area contributed by atoms with Gasteiger partial charge >= 0.3 is 6.09 Å². The highest BCUT2D eigenvalue weighted by molar-refractivity contribution is 7.89. The van der Waals surface area contributed by atoms with Crippen LogP contribution in [-0.2, 0) is 14.8 Å². The molecule has 1 amide bonds. The lowest BCUT2D eigenvalue weighted by Crippen LogP contribution is -2.51. The van der Waals surface area contributed by atoms with Crippen LogP contribution in [-0.4, -0.2) is 61.2 Å². The molecular formula is C11H22N2O4S. The summed E-state index contributed by atoms with van der Waals surface area (Å²) in [4.78, 5) is 13.3. The quantitative estimate of drug-likeness (QED) is 0.752. The third kappa shape index (κ3) is 4.13. The minimum absolute atomic E-state index is 0.0967. The van der Waals surface area contributed by atoms with Crippen molar-refractivity contribution >= 4 is 16.1 Å². The number of amides is 1. The minimum Gasteiger partial charge on any atom is -0.444 e. The molecule has 0 spiro atoms. The normalized spacial score (nSPS) is 18.8. The fourth-order valence-corrected chi connectivity index (χ4v) is 2.74. The Hall–Kier alpha value is -0.820. The average molecular weight is 278 g/mol. The lowest BCUT2D eigenvalue weighted by atomic mass is 10.2. The van der Waals surface area contributed by atoms with Crippen molar-refractivity contribution in [2.45, 2.75) is 33.3 Å². The van der Waals surface area contributed by atoms with Crippen LogP contribution in [0.15, 0.2) is 0 Å². The number of ether oxygens (including phenoxy) is 1. The topological polar surface area (TPSA) is 66.9 Å². The van der Waals surface area contributed by atoms with Crippen molar-refractivity contribution in [3.63, 3.8) is 0 Å². The van der Waals surface area contributed by atoms with Gasteiger partial charge in [-0.25, -0.2) is 13.2 Å². The second-order valence-electron chi connectivity index (χ2n) is 5.27. The van der Waals surface area contributed by atoms with Crippen molar-refractivity contribution in [3.8, 4) is 0 Å². The molecule has 1 fully saturated rings. The molecule has 1 heterocycles. The van der Waals surface area contributed by atoms with E-state index in [2.05, 4.69) is 0 Å². The highest BCUT2D eigenvalue weighted by atomic mass is 32.2. The molecule has 0 aromatic carbocycles. The van der Waals surface area contributed by atoms with E-state index in [4.69, 9.17) is 4.74 Å². The maximum absolute atomic E-state index is 11.8. The molecule has 0 aliphatic carbocycles. The Morgan fingerprint density at radius 2 is 1.67 bits per heavy atom. The van der Waals surface area contributed by atoms with Crippen molar-refractivity contribution in [2.24, 2.45) is 0 Å². The van der Waals surface area contributed by atoms with Crippen LogP contribution in [0.2, 0.25) is 0 Å². The molecule has 1 aliphatic rings. The summed E-state index contributed by atoms with van der Waals surface area (Å²) < 4.78 is 30.0. The molecule has 106 valence electrons. The van der Waals surface area contributed by atoms with Crippen LogP contribution in [0.25, 0.3) is 0 Å². The van der Waals surface area contributed by atoms with Crippen LogP contribution in [0.3, 0.4) is 0 Å². The number of nitrogens with zero attached hydrogens (tertiary/aromatic N) is 2. The van der Waals surface area contributed by atoms with Crippen molar-refractivity contribution in [3.05, 3.63) is 0 Å². The van der Waals surface area contributed by atoms with E-state index in [1.807, 2.05) is 20.8 Å². The molecule has 0 aromatic heterocycles. The van der Waals surface area contributed by atoms with Gasteiger partial charge in [0.25, 0.3) is 0 Å². The maximum Gasteiger partial charge on any atom is 0.410 e. The van der Waals surface area contributed by atoms with Crippen LogP contribution in [0, 0.1) is 0 Å². The third-order valence-electron chi connectivity index (χ3n) is 2.65. The van der Waals surface area contributed by atoms with E-state index in [9.17, 15) is 13.2 Å². The number of piperazine rings is 1. The van der Waals surface area contributed by atoms with Gasteiger partial charge in [-0.1, -0.05) is 0 Å². The molecule has 0 radical (unpaired) electrons. The Labute approximate surface area is 109 Å². The summed E-state index contributed by atoms with van der Waals surface area (Å²) in [5.41, 5.74) is -0.524.